The van der Waals surface area contributed by atoms with Crippen molar-refractivity contribution in [2.45, 2.75) is 25.2 Å². The molecular weight excluding hydrogens is 424 g/mol. The lowest BCUT2D eigenvalue weighted by molar-refractivity contribution is -0.116. The molecule has 32 heavy (non-hydrogen) atoms. The van der Waals surface area contributed by atoms with Gasteiger partial charge in [0, 0.05) is 17.8 Å². The van der Waals surface area contributed by atoms with Crippen LogP contribution in [0.4, 0.5) is 5.69 Å². The van der Waals surface area contributed by atoms with Crippen molar-refractivity contribution in [3.05, 3.63) is 95.6 Å². The van der Waals surface area contributed by atoms with Crippen molar-refractivity contribution >= 4 is 27.4 Å². The molecule has 0 spiro atoms. The zero-order valence-electron chi connectivity index (χ0n) is 18.1. The molecule has 3 rings (SSSR count). The maximum Gasteiger partial charge on any atom is 0.243 e. The summed E-state index contributed by atoms with van der Waals surface area (Å²) in [5.41, 5.74) is 2.84. The van der Waals surface area contributed by atoms with Gasteiger partial charge in [-0.2, -0.15) is 4.31 Å². The number of sulfonamides is 1. The summed E-state index contributed by atoms with van der Waals surface area (Å²) in [5.74, 6) is -0.595. The first-order valence-corrected chi connectivity index (χ1v) is 11.7. The number of nitrogens with zero attached hydrogens (tertiary/aromatic N) is 1. The van der Waals surface area contributed by atoms with Crippen LogP contribution in [0.25, 0.3) is 0 Å². The zero-order chi connectivity index (χ0) is 23.1. The minimum atomic E-state index is -3.88. The maximum absolute atomic E-state index is 13.3. The van der Waals surface area contributed by atoms with Gasteiger partial charge < -0.3 is 5.32 Å². The molecule has 6 nitrogen and oxygen atoms in total. The molecule has 0 unspecified atom stereocenters. The van der Waals surface area contributed by atoms with E-state index in [1.165, 1.54) is 11.2 Å². The Hall–Kier alpha value is -3.29. The number of nitrogens with one attached hydrogen (secondary N) is 1. The van der Waals surface area contributed by atoms with Gasteiger partial charge in [0.05, 0.1) is 11.4 Å². The van der Waals surface area contributed by atoms with Gasteiger partial charge in [0.1, 0.15) is 0 Å². The van der Waals surface area contributed by atoms with Gasteiger partial charge in [0.2, 0.25) is 15.9 Å². The highest BCUT2D eigenvalue weighted by molar-refractivity contribution is 7.89. The van der Waals surface area contributed by atoms with E-state index in [2.05, 4.69) is 5.32 Å². The highest BCUT2D eigenvalue weighted by atomic mass is 32.2. The average molecular weight is 451 g/mol. The van der Waals surface area contributed by atoms with Gasteiger partial charge in [-0.3, -0.25) is 9.59 Å². The molecule has 0 aliphatic carbocycles. The monoisotopic (exact) mass is 450 g/mol. The van der Waals surface area contributed by atoms with Crippen LogP contribution in [0.3, 0.4) is 0 Å². The first kappa shape index (κ1) is 23.4. The Labute approximate surface area is 188 Å². The molecule has 0 bridgehead atoms. The lowest BCUT2D eigenvalue weighted by Crippen LogP contribution is -2.39. The smallest absolute Gasteiger partial charge is 0.243 e. The number of carbonyl (C=O) groups is 2. The fourth-order valence-electron chi connectivity index (χ4n) is 3.22. The van der Waals surface area contributed by atoms with Gasteiger partial charge in [-0.05, 0) is 50.1 Å². The van der Waals surface area contributed by atoms with Crippen molar-refractivity contribution in [1.82, 2.24) is 4.31 Å². The third kappa shape index (κ3) is 6.12. The first-order chi connectivity index (χ1) is 15.3. The van der Waals surface area contributed by atoms with Crippen LogP contribution in [0, 0.1) is 6.92 Å². The lowest BCUT2D eigenvalue weighted by Gasteiger charge is -2.22. The average Bonchev–Trinajstić information content (AvgIpc) is 2.77. The Morgan fingerprint density at radius 3 is 2.25 bits per heavy atom. The van der Waals surface area contributed by atoms with Crippen molar-refractivity contribution in [2.75, 3.05) is 18.4 Å². The predicted molar refractivity (Wildman–Crippen MR) is 125 cm³/mol. The zero-order valence-corrected chi connectivity index (χ0v) is 18.9. The molecule has 166 valence electrons. The number of aryl methyl sites for hydroxylation is 1. The van der Waals surface area contributed by atoms with Crippen LogP contribution in [-0.2, 0) is 21.2 Å². The molecule has 3 aromatic carbocycles. The summed E-state index contributed by atoms with van der Waals surface area (Å²) in [4.78, 5) is 24.5. The maximum atomic E-state index is 13.3. The van der Waals surface area contributed by atoms with Crippen LogP contribution in [0.5, 0.6) is 0 Å². The highest BCUT2D eigenvalue weighted by Gasteiger charge is 2.26. The normalized spacial score (nSPS) is 11.3. The van der Waals surface area contributed by atoms with E-state index in [4.69, 9.17) is 0 Å². The van der Waals surface area contributed by atoms with Crippen LogP contribution >= 0.6 is 0 Å². The summed E-state index contributed by atoms with van der Waals surface area (Å²) < 4.78 is 27.8. The van der Waals surface area contributed by atoms with Crippen LogP contribution in [0.15, 0.2) is 83.8 Å². The summed E-state index contributed by atoms with van der Waals surface area (Å²) in [6, 6.07) is 22.6. The van der Waals surface area contributed by atoms with Crippen molar-refractivity contribution in [1.29, 1.82) is 0 Å². The number of anilines is 1. The highest BCUT2D eigenvalue weighted by Crippen LogP contribution is 2.18. The topological polar surface area (TPSA) is 83.6 Å². The fraction of sp³-hybridized carbons (Fsp3) is 0.200. The number of amides is 1. The molecule has 0 saturated heterocycles. The molecule has 0 fully saturated rings. The standard InChI is InChI=1S/C25H26N2O4S/c1-19-11-13-24(14-12-19)32(30,31)27(16-15-21-7-4-3-5-8-21)18-25(29)26-23-10-6-9-22(17-23)20(2)28/h3-14,17H,15-16,18H2,1-2H3,(H,26,29). The number of Topliss-reactive ketones (excluding diaryl/α,β-unsaturated/α-hetero) is 1. The summed E-state index contributed by atoms with van der Waals surface area (Å²) in [6.07, 6.45) is 0.471. The fourth-order valence-corrected chi connectivity index (χ4v) is 4.62. The van der Waals surface area contributed by atoms with Crippen LogP contribution in [-0.4, -0.2) is 37.5 Å². The number of ketones is 1. The van der Waals surface area contributed by atoms with E-state index < -0.39 is 15.9 Å². The van der Waals surface area contributed by atoms with E-state index in [9.17, 15) is 18.0 Å². The van der Waals surface area contributed by atoms with Gasteiger partial charge in [0.25, 0.3) is 0 Å². The quantitative estimate of drug-likeness (QED) is 0.498. The molecule has 0 radical (unpaired) electrons. The molecule has 1 N–H and O–H groups in total. The molecular formula is C25H26N2O4S. The van der Waals surface area contributed by atoms with Crippen LogP contribution in [0.2, 0.25) is 0 Å². The van der Waals surface area contributed by atoms with E-state index in [1.807, 2.05) is 37.3 Å². The lowest BCUT2D eigenvalue weighted by atomic mass is 10.1. The molecule has 7 heteroatoms. The number of hydrogen-bond acceptors (Lipinski definition) is 4. The Morgan fingerprint density at radius 1 is 0.906 bits per heavy atom. The third-order valence-corrected chi connectivity index (χ3v) is 6.88. The SMILES string of the molecule is CC(=O)c1cccc(NC(=O)CN(CCc2ccccc2)S(=O)(=O)c2ccc(C)cc2)c1. The van der Waals surface area contributed by atoms with E-state index in [0.29, 0.717) is 17.7 Å². The second-order valence-electron chi connectivity index (χ2n) is 7.57. The van der Waals surface area contributed by atoms with E-state index in [-0.39, 0.29) is 23.8 Å². The number of hydrogen-bond donors (Lipinski definition) is 1. The molecule has 3 aromatic rings. The Morgan fingerprint density at radius 2 is 1.59 bits per heavy atom. The van der Waals surface area contributed by atoms with E-state index >= 15 is 0 Å². The largest absolute Gasteiger partial charge is 0.325 e. The van der Waals surface area contributed by atoms with Crippen LogP contribution < -0.4 is 5.32 Å². The summed E-state index contributed by atoms with van der Waals surface area (Å²) >= 11 is 0. The van der Waals surface area contributed by atoms with Crippen molar-refractivity contribution < 1.29 is 18.0 Å². The van der Waals surface area contributed by atoms with Gasteiger partial charge in [-0.25, -0.2) is 8.42 Å². The minimum Gasteiger partial charge on any atom is -0.325 e. The molecule has 0 saturated carbocycles. The van der Waals surface area contributed by atoms with Crippen molar-refractivity contribution in [3.8, 4) is 0 Å². The Bertz CT molecular complexity index is 1190. The van der Waals surface area contributed by atoms with Gasteiger partial charge in [-0.15, -0.1) is 0 Å². The second kappa shape index (κ2) is 10.3. The van der Waals surface area contributed by atoms with Gasteiger partial charge in [0.15, 0.2) is 5.78 Å². The molecule has 1 amide bonds. The molecule has 0 aliphatic heterocycles. The van der Waals surface area contributed by atoms with Crippen molar-refractivity contribution in [3.63, 3.8) is 0 Å². The molecule has 0 aromatic heterocycles. The van der Waals surface area contributed by atoms with E-state index in [0.717, 1.165) is 11.1 Å². The molecule has 0 heterocycles. The molecule has 0 atom stereocenters. The molecule has 0 aliphatic rings. The Kier molecular flexibility index (Phi) is 7.56. The summed E-state index contributed by atoms with van der Waals surface area (Å²) in [6.45, 7) is 3.14. The van der Waals surface area contributed by atoms with Crippen molar-refractivity contribution in [2.24, 2.45) is 0 Å². The second-order valence-corrected chi connectivity index (χ2v) is 9.51. The van der Waals surface area contributed by atoms with Crippen LogP contribution in [0.1, 0.15) is 28.4 Å². The van der Waals surface area contributed by atoms with Gasteiger partial charge >= 0.3 is 0 Å². The third-order valence-electron chi connectivity index (χ3n) is 5.02. The van der Waals surface area contributed by atoms with Gasteiger partial charge in [-0.1, -0.05) is 60.2 Å². The number of rotatable bonds is 9. The summed E-state index contributed by atoms with van der Waals surface area (Å²) in [5, 5.41) is 2.70. The first-order valence-electron chi connectivity index (χ1n) is 10.3. The minimum absolute atomic E-state index is 0.118. The summed E-state index contributed by atoms with van der Waals surface area (Å²) in [7, 11) is -3.88. The Balaban J connectivity index is 1.81. The number of carbonyl (C=O) groups excluding carboxylic acids is 2. The predicted octanol–water partition coefficient (Wildman–Crippen LogP) is 4.07. The number of benzene rings is 3. The van der Waals surface area contributed by atoms with E-state index in [1.54, 1.807) is 48.5 Å².